The van der Waals surface area contributed by atoms with Crippen LogP contribution in [0.15, 0.2) is 24.3 Å². The maximum atomic E-state index is 5.81. The monoisotopic (exact) mass is 278 g/mol. The van der Waals surface area contributed by atoms with E-state index in [-0.39, 0.29) is 0 Å². The number of nitrogens with two attached hydrogens (primary N) is 1. The van der Waals surface area contributed by atoms with E-state index in [1.54, 1.807) is 7.11 Å². The van der Waals surface area contributed by atoms with Crippen molar-refractivity contribution in [2.24, 2.45) is 5.73 Å². The zero-order valence-corrected chi connectivity index (χ0v) is 12.4. The Labute approximate surface area is 121 Å². The third-order valence-electron chi connectivity index (χ3n) is 3.65. The lowest BCUT2D eigenvalue weighted by Crippen LogP contribution is -2.33. The van der Waals surface area contributed by atoms with E-state index < -0.39 is 0 Å². The van der Waals surface area contributed by atoms with E-state index in [0.717, 1.165) is 44.5 Å². The molecule has 1 fully saturated rings. The van der Waals surface area contributed by atoms with Crippen molar-refractivity contribution < 1.29 is 9.47 Å². The van der Waals surface area contributed by atoms with Crippen LogP contribution in [0.1, 0.15) is 18.4 Å². The van der Waals surface area contributed by atoms with Gasteiger partial charge in [0.25, 0.3) is 0 Å². The molecule has 4 nitrogen and oxygen atoms in total. The average molecular weight is 278 g/mol. The highest BCUT2D eigenvalue weighted by Crippen LogP contribution is 2.26. The Kier molecular flexibility index (Phi) is 6.30. The van der Waals surface area contributed by atoms with E-state index in [2.05, 4.69) is 17.0 Å². The molecule has 0 bridgehead atoms. The molecule has 0 amide bonds. The number of methoxy groups -OCH3 is 1. The molecule has 0 unspecified atom stereocenters. The second-order valence-electron chi connectivity index (χ2n) is 5.29. The Hall–Kier alpha value is -1.10. The van der Waals surface area contributed by atoms with Crippen LogP contribution in [0.3, 0.4) is 0 Å². The number of hydrogen-bond donors (Lipinski definition) is 1. The van der Waals surface area contributed by atoms with Gasteiger partial charge in [0.2, 0.25) is 0 Å². The fourth-order valence-electron chi connectivity index (χ4n) is 2.32. The number of benzene rings is 1. The largest absolute Gasteiger partial charge is 0.492 e. The zero-order valence-electron chi connectivity index (χ0n) is 12.4. The molecule has 2 N–H and O–H groups in total. The topological polar surface area (TPSA) is 47.7 Å². The molecule has 0 radical (unpaired) electrons. The van der Waals surface area contributed by atoms with Crippen LogP contribution in [0.25, 0.3) is 0 Å². The first-order valence-electron chi connectivity index (χ1n) is 7.48. The SMILES string of the molecule is COCCN(CCOc1ccc(CCN)cc1)C1CC1. The first kappa shape index (κ1) is 15.3. The van der Waals surface area contributed by atoms with Crippen molar-refractivity contribution in [3.8, 4) is 5.75 Å². The molecular weight excluding hydrogens is 252 g/mol. The third kappa shape index (κ3) is 5.12. The summed E-state index contributed by atoms with van der Waals surface area (Å²) >= 11 is 0. The van der Waals surface area contributed by atoms with Crippen LogP contribution in [0, 0.1) is 0 Å². The zero-order chi connectivity index (χ0) is 14.2. The van der Waals surface area contributed by atoms with Gasteiger partial charge in [0.05, 0.1) is 6.61 Å². The quantitative estimate of drug-likeness (QED) is 0.707. The number of ether oxygens (including phenoxy) is 2. The van der Waals surface area contributed by atoms with Crippen molar-refractivity contribution >= 4 is 0 Å². The molecule has 0 heterocycles. The molecule has 0 aromatic heterocycles. The van der Waals surface area contributed by atoms with Gasteiger partial charge in [-0.2, -0.15) is 0 Å². The summed E-state index contributed by atoms with van der Waals surface area (Å²) in [6, 6.07) is 8.99. The summed E-state index contributed by atoms with van der Waals surface area (Å²) in [4.78, 5) is 2.46. The Morgan fingerprint density at radius 1 is 1.15 bits per heavy atom. The predicted molar refractivity (Wildman–Crippen MR) is 81.2 cm³/mol. The van der Waals surface area contributed by atoms with Crippen molar-refractivity contribution in [3.63, 3.8) is 0 Å². The van der Waals surface area contributed by atoms with Gasteiger partial charge < -0.3 is 15.2 Å². The smallest absolute Gasteiger partial charge is 0.119 e. The molecule has 0 spiro atoms. The minimum absolute atomic E-state index is 0.691. The van der Waals surface area contributed by atoms with Crippen LogP contribution >= 0.6 is 0 Å². The first-order chi connectivity index (χ1) is 9.83. The summed E-state index contributed by atoms with van der Waals surface area (Å²) in [5.74, 6) is 0.938. The highest BCUT2D eigenvalue weighted by atomic mass is 16.5. The van der Waals surface area contributed by atoms with Crippen LogP contribution in [-0.4, -0.2) is 50.9 Å². The van der Waals surface area contributed by atoms with Gasteiger partial charge in [0, 0.05) is 26.2 Å². The summed E-state index contributed by atoms with van der Waals surface area (Å²) in [6.07, 6.45) is 3.56. The fourth-order valence-corrected chi connectivity index (χ4v) is 2.32. The molecule has 0 saturated heterocycles. The molecule has 1 aromatic carbocycles. The van der Waals surface area contributed by atoms with Gasteiger partial charge in [0.1, 0.15) is 12.4 Å². The minimum Gasteiger partial charge on any atom is -0.492 e. The molecule has 4 heteroatoms. The van der Waals surface area contributed by atoms with Gasteiger partial charge in [-0.15, -0.1) is 0 Å². The van der Waals surface area contributed by atoms with Gasteiger partial charge in [0.15, 0.2) is 0 Å². The van der Waals surface area contributed by atoms with Crippen LogP contribution in [0.4, 0.5) is 0 Å². The van der Waals surface area contributed by atoms with Crippen molar-refractivity contribution in [1.82, 2.24) is 4.90 Å². The molecular formula is C16H26N2O2. The molecule has 1 aliphatic rings. The molecule has 1 aliphatic carbocycles. The van der Waals surface area contributed by atoms with Gasteiger partial charge in [-0.1, -0.05) is 12.1 Å². The fraction of sp³-hybridized carbons (Fsp3) is 0.625. The van der Waals surface area contributed by atoms with Gasteiger partial charge >= 0.3 is 0 Å². The molecule has 1 aromatic rings. The summed E-state index contributed by atoms with van der Waals surface area (Å²) in [5.41, 5.74) is 6.80. The van der Waals surface area contributed by atoms with Crippen LogP contribution in [0.2, 0.25) is 0 Å². The molecule has 0 aliphatic heterocycles. The number of hydrogen-bond acceptors (Lipinski definition) is 4. The lowest BCUT2D eigenvalue weighted by Gasteiger charge is -2.21. The van der Waals surface area contributed by atoms with E-state index in [1.807, 2.05) is 12.1 Å². The van der Waals surface area contributed by atoms with Gasteiger partial charge in [-0.05, 0) is 43.5 Å². The van der Waals surface area contributed by atoms with Crippen molar-refractivity contribution in [3.05, 3.63) is 29.8 Å². The predicted octanol–water partition coefficient (Wildman–Crippen LogP) is 1.68. The average Bonchev–Trinajstić information content (AvgIpc) is 3.29. The van der Waals surface area contributed by atoms with E-state index in [4.69, 9.17) is 15.2 Å². The normalized spacial score (nSPS) is 14.8. The summed E-state index contributed by atoms with van der Waals surface area (Å²) in [7, 11) is 1.75. The van der Waals surface area contributed by atoms with E-state index in [9.17, 15) is 0 Å². The maximum absolute atomic E-state index is 5.81. The summed E-state index contributed by atoms with van der Waals surface area (Å²) < 4.78 is 11.0. The highest BCUT2D eigenvalue weighted by molar-refractivity contribution is 5.27. The molecule has 112 valence electrons. The molecule has 0 atom stereocenters. The standard InChI is InChI=1S/C16H26N2O2/c1-19-12-10-18(15-4-5-15)11-13-20-16-6-2-14(3-7-16)8-9-17/h2-3,6-7,15H,4-5,8-13,17H2,1H3. The first-order valence-corrected chi connectivity index (χ1v) is 7.48. The Balaban J connectivity index is 1.70. The van der Waals surface area contributed by atoms with Crippen LogP contribution in [0.5, 0.6) is 5.75 Å². The maximum Gasteiger partial charge on any atom is 0.119 e. The van der Waals surface area contributed by atoms with Crippen LogP contribution < -0.4 is 10.5 Å². The lowest BCUT2D eigenvalue weighted by atomic mass is 10.1. The van der Waals surface area contributed by atoms with Crippen LogP contribution in [-0.2, 0) is 11.2 Å². The van der Waals surface area contributed by atoms with Gasteiger partial charge in [-0.3, -0.25) is 4.90 Å². The van der Waals surface area contributed by atoms with Gasteiger partial charge in [-0.25, -0.2) is 0 Å². The number of rotatable bonds is 10. The minimum atomic E-state index is 0.691. The van der Waals surface area contributed by atoms with E-state index >= 15 is 0 Å². The Morgan fingerprint density at radius 3 is 2.45 bits per heavy atom. The number of nitrogens with zero attached hydrogens (tertiary/aromatic N) is 1. The summed E-state index contributed by atoms with van der Waals surface area (Å²) in [5, 5.41) is 0. The summed E-state index contributed by atoms with van der Waals surface area (Å²) in [6.45, 7) is 4.19. The van der Waals surface area contributed by atoms with Crippen molar-refractivity contribution in [2.75, 3.05) is 40.0 Å². The Morgan fingerprint density at radius 2 is 1.85 bits per heavy atom. The molecule has 1 saturated carbocycles. The lowest BCUT2D eigenvalue weighted by molar-refractivity contribution is 0.130. The van der Waals surface area contributed by atoms with E-state index in [1.165, 1.54) is 18.4 Å². The second-order valence-corrected chi connectivity index (χ2v) is 5.29. The highest BCUT2D eigenvalue weighted by Gasteiger charge is 2.28. The van der Waals surface area contributed by atoms with Crippen molar-refractivity contribution in [1.29, 1.82) is 0 Å². The molecule has 2 rings (SSSR count). The Bertz CT molecular complexity index is 377. The molecule has 20 heavy (non-hydrogen) atoms. The van der Waals surface area contributed by atoms with E-state index in [0.29, 0.717) is 6.54 Å². The van der Waals surface area contributed by atoms with Crippen molar-refractivity contribution in [2.45, 2.75) is 25.3 Å². The third-order valence-corrected chi connectivity index (χ3v) is 3.65. The second kappa shape index (κ2) is 8.25.